The molecule has 3 aromatic heterocycles. The molecular formula is C27H35N5O2. The average Bonchev–Trinajstić information content (AvgIpc) is 3.36. The molecule has 0 saturated heterocycles. The van der Waals surface area contributed by atoms with E-state index in [1.807, 2.05) is 38.5 Å². The van der Waals surface area contributed by atoms with Crippen LogP contribution in [0, 0.1) is 13.8 Å². The monoisotopic (exact) mass is 461 g/mol. The highest BCUT2D eigenvalue weighted by Gasteiger charge is 2.20. The van der Waals surface area contributed by atoms with Crippen LogP contribution in [0.25, 0.3) is 22.0 Å². The summed E-state index contributed by atoms with van der Waals surface area (Å²) in [5.41, 5.74) is 7.44. The first-order valence-corrected chi connectivity index (χ1v) is 12.0. The second kappa shape index (κ2) is 9.60. The maximum absolute atomic E-state index is 12.7. The Balaban J connectivity index is 1.77. The predicted octanol–water partition coefficient (Wildman–Crippen LogP) is 4.66. The van der Waals surface area contributed by atoms with E-state index < -0.39 is 6.23 Å². The van der Waals surface area contributed by atoms with Crippen LogP contribution in [0.5, 0.6) is 0 Å². The normalized spacial score (nSPS) is 12.7. The lowest BCUT2D eigenvalue weighted by Gasteiger charge is -2.18. The summed E-state index contributed by atoms with van der Waals surface area (Å²) < 4.78 is 4.02. The number of pyridine rings is 1. The van der Waals surface area contributed by atoms with Crippen molar-refractivity contribution in [2.75, 3.05) is 0 Å². The van der Waals surface area contributed by atoms with E-state index in [1.54, 1.807) is 4.68 Å². The Morgan fingerprint density at radius 3 is 2.56 bits per heavy atom. The molecule has 1 aromatic carbocycles. The van der Waals surface area contributed by atoms with Crippen molar-refractivity contribution in [1.82, 2.24) is 24.6 Å². The average molecular weight is 462 g/mol. The van der Waals surface area contributed by atoms with Gasteiger partial charge >= 0.3 is 0 Å². The Bertz CT molecular complexity index is 1380. The van der Waals surface area contributed by atoms with Crippen LogP contribution in [0.4, 0.5) is 0 Å². The summed E-state index contributed by atoms with van der Waals surface area (Å²) in [5.74, 6) is 0. The zero-order valence-corrected chi connectivity index (χ0v) is 20.9. The van der Waals surface area contributed by atoms with Gasteiger partial charge in [0, 0.05) is 65.3 Å². The summed E-state index contributed by atoms with van der Waals surface area (Å²) in [7, 11) is 1.90. The number of hydrogen-bond acceptors (Lipinski definition) is 4. The largest absolute Gasteiger partial charge is 0.374 e. The predicted molar refractivity (Wildman–Crippen MR) is 137 cm³/mol. The molecule has 0 bridgehead atoms. The third kappa shape index (κ3) is 4.58. The van der Waals surface area contributed by atoms with Crippen LogP contribution < -0.4 is 10.9 Å². The minimum Gasteiger partial charge on any atom is -0.374 e. The number of H-pyrrole nitrogens is 1. The number of nitrogens with zero attached hydrogens (tertiary/aromatic N) is 3. The zero-order chi connectivity index (χ0) is 24.6. The Morgan fingerprint density at radius 1 is 1.15 bits per heavy atom. The minimum absolute atomic E-state index is 0.0976. The molecule has 34 heavy (non-hydrogen) atoms. The quantitative estimate of drug-likeness (QED) is 0.333. The van der Waals surface area contributed by atoms with Crippen molar-refractivity contribution in [2.24, 2.45) is 7.05 Å². The fraction of sp³-hybridized carbons (Fsp3) is 0.407. The van der Waals surface area contributed by atoms with Crippen molar-refractivity contribution < 1.29 is 5.11 Å². The lowest BCUT2D eigenvalue weighted by molar-refractivity contribution is 0.138. The van der Waals surface area contributed by atoms with Crippen LogP contribution in [0.1, 0.15) is 67.4 Å². The molecule has 0 amide bonds. The summed E-state index contributed by atoms with van der Waals surface area (Å²) in [6.07, 6.45) is 6.80. The van der Waals surface area contributed by atoms with Crippen LogP contribution >= 0.6 is 0 Å². The third-order valence-electron chi connectivity index (χ3n) is 6.40. The van der Waals surface area contributed by atoms with E-state index in [0.717, 1.165) is 57.3 Å². The minimum atomic E-state index is -0.934. The van der Waals surface area contributed by atoms with Crippen LogP contribution in [0.3, 0.4) is 0 Å². The van der Waals surface area contributed by atoms with Gasteiger partial charge in [-0.05, 0) is 69.0 Å². The molecule has 0 aliphatic rings. The van der Waals surface area contributed by atoms with Gasteiger partial charge in [-0.25, -0.2) is 0 Å². The van der Waals surface area contributed by atoms with E-state index in [4.69, 9.17) is 0 Å². The van der Waals surface area contributed by atoms with Crippen molar-refractivity contribution >= 4 is 10.9 Å². The first kappa shape index (κ1) is 24.0. The number of aliphatic hydroxyl groups excluding tert-OH is 1. The van der Waals surface area contributed by atoms with Crippen molar-refractivity contribution in [1.29, 1.82) is 0 Å². The zero-order valence-electron chi connectivity index (χ0n) is 20.9. The number of nitrogens with one attached hydrogen (secondary N) is 2. The first-order valence-electron chi connectivity index (χ1n) is 12.0. The molecule has 3 heterocycles. The third-order valence-corrected chi connectivity index (χ3v) is 6.40. The van der Waals surface area contributed by atoms with Gasteiger partial charge in [-0.3, -0.25) is 14.8 Å². The molecule has 0 fully saturated rings. The fourth-order valence-corrected chi connectivity index (χ4v) is 4.78. The number of benzene rings is 1. The summed E-state index contributed by atoms with van der Waals surface area (Å²) >= 11 is 0. The van der Waals surface area contributed by atoms with Crippen LogP contribution in [-0.4, -0.2) is 24.4 Å². The van der Waals surface area contributed by atoms with Gasteiger partial charge in [0.2, 0.25) is 0 Å². The Morgan fingerprint density at radius 2 is 1.91 bits per heavy atom. The molecule has 1 unspecified atom stereocenters. The molecule has 4 aromatic rings. The van der Waals surface area contributed by atoms with Crippen molar-refractivity contribution in [3.05, 3.63) is 75.1 Å². The van der Waals surface area contributed by atoms with E-state index in [0.29, 0.717) is 5.56 Å². The molecule has 0 aliphatic heterocycles. The smallest absolute Gasteiger partial charge is 0.252 e. The maximum Gasteiger partial charge on any atom is 0.252 e. The van der Waals surface area contributed by atoms with E-state index >= 15 is 0 Å². The van der Waals surface area contributed by atoms with Gasteiger partial charge in [-0.15, -0.1) is 0 Å². The van der Waals surface area contributed by atoms with Crippen molar-refractivity contribution in [3.63, 3.8) is 0 Å². The molecule has 3 N–H and O–H groups in total. The number of aryl methyl sites for hydroxylation is 4. The van der Waals surface area contributed by atoms with Crippen molar-refractivity contribution in [3.8, 4) is 11.1 Å². The Kier molecular flexibility index (Phi) is 6.77. The van der Waals surface area contributed by atoms with Gasteiger partial charge in [0.05, 0.1) is 6.20 Å². The van der Waals surface area contributed by atoms with E-state index in [9.17, 15) is 9.90 Å². The second-order valence-electron chi connectivity index (χ2n) is 9.49. The van der Waals surface area contributed by atoms with E-state index in [1.165, 1.54) is 0 Å². The highest BCUT2D eigenvalue weighted by Crippen LogP contribution is 2.35. The molecule has 7 nitrogen and oxygen atoms in total. The molecule has 7 heteroatoms. The van der Waals surface area contributed by atoms with E-state index in [2.05, 4.69) is 59.9 Å². The lowest BCUT2D eigenvalue weighted by atomic mass is 9.98. The number of fused-ring (bicyclic) bond motifs is 1. The number of aromatic amines is 1. The maximum atomic E-state index is 12.7. The highest BCUT2D eigenvalue weighted by atomic mass is 16.3. The van der Waals surface area contributed by atoms with Gasteiger partial charge in [0.15, 0.2) is 0 Å². The molecule has 0 saturated carbocycles. The molecule has 0 spiro atoms. The standard InChI is InChI=1S/C27H35N5O2/c1-7-8-19-9-18(5)30-27(34)23(19)13-28-26(33)22-10-20(21-12-29-31(6)15-21)11-24-25(22)17(4)14-32(24)16(2)3/h9-12,14-16,26,28,33H,7-8,13H2,1-6H3,(H,30,34). The van der Waals surface area contributed by atoms with Gasteiger partial charge in [0.1, 0.15) is 6.23 Å². The lowest BCUT2D eigenvalue weighted by Crippen LogP contribution is -2.27. The van der Waals surface area contributed by atoms with Crippen LogP contribution in [0.15, 0.2) is 41.6 Å². The Labute approximate surface area is 200 Å². The number of aromatic nitrogens is 4. The second-order valence-corrected chi connectivity index (χ2v) is 9.49. The highest BCUT2D eigenvalue weighted by molar-refractivity contribution is 5.91. The molecule has 0 radical (unpaired) electrons. The summed E-state index contributed by atoms with van der Waals surface area (Å²) in [6.45, 7) is 10.7. The summed E-state index contributed by atoms with van der Waals surface area (Å²) in [5, 5.41) is 19.9. The Hall–Kier alpha value is -3.16. The molecule has 1 atom stereocenters. The molecular weight excluding hydrogens is 426 g/mol. The van der Waals surface area contributed by atoms with Gasteiger partial charge in [-0.2, -0.15) is 5.10 Å². The SMILES string of the molecule is CCCc1cc(C)[nH]c(=O)c1CNC(O)c1cc(-c2cnn(C)c2)cc2c1c(C)cn2C(C)C. The van der Waals surface area contributed by atoms with Crippen molar-refractivity contribution in [2.45, 2.75) is 66.3 Å². The van der Waals surface area contributed by atoms with E-state index in [-0.39, 0.29) is 18.1 Å². The molecule has 0 aliphatic carbocycles. The number of rotatable bonds is 8. The van der Waals surface area contributed by atoms with Gasteiger partial charge in [0.25, 0.3) is 5.56 Å². The first-order chi connectivity index (χ1) is 16.2. The summed E-state index contributed by atoms with van der Waals surface area (Å²) in [6, 6.07) is 6.50. The van der Waals surface area contributed by atoms with Gasteiger partial charge in [-0.1, -0.05) is 13.3 Å². The van der Waals surface area contributed by atoms with Crippen LogP contribution in [0.2, 0.25) is 0 Å². The molecule has 180 valence electrons. The van der Waals surface area contributed by atoms with Gasteiger partial charge < -0.3 is 14.7 Å². The molecule has 4 rings (SSSR count). The fourth-order valence-electron chi connectivity index (χ4n) is 4.78. The topological polar surface area (TPSA) is 87.9 Å². The summed E-state index contributed by atoms with van der Waals surface area (Å²) in [4.78, 5) is 15.6. The number of hydrogen-bond donors (Lipinski definition) is 3. The van der Waals surface area contributed by atoms with Crippen LogP contribution in [-0.2, 0) is 20.0 Å². The number of aliphatic hydroxyl groups is 1.